The maximum Gasteiger partial charge on any atom is 0.0569 e. The van der Waals surface area contributed by atoms with Crippen molar-refractivity contribution in [3.63, 3.8) is 0 Å². The summed E-state index contributed by atoms with van der Waals surface area (Å²) in [5, 5.41) is 0. The van der Waals surface area contributed by atoms with Crippen molar-refractivity contribution in [3.05, 3.63) is 40.5 Å². The van der Waals surface area contributed by atoms with Crippen LogP contribution in [0.2, 0.25) is 19.6 Å². The summed E-state index contributed by atoms with van der Waals surface area (Å²) in [5.41, 5.74) is 6.69. The molecule has 1 heteroatoms. The minimum absolute atomic E-state index is 0.730. The number of rotatable bonds is 1. The van der Waals surface area contributed by atoms with Crippen molar-refractivity contribution in [2.75, 3.05) is 0 Å². The van der Waals surface area contributed by atoms with E-state index in [1.807, 2.05) is 0 Å². The minimum Gasteiger partial charge on any atom is -0.0688 e. The Kier molecular flexibility index (Phi) is 2.38. The predicted molar refractivity (Wildman–Crippen MR) is 70.9 cm³/mol. The monoisotopic (exact) mass is 216 g/mol. The lowest BCUT2D eigenvalue weighted by molar-refractivity contribution is 1.07. The standard InChI is InChI=1S/C14H20Si/c1-10-6-7-13-12(8-10)9-11(2)14(13)15(3,4)5/h6-9,14H,1-5H3. The van der Waals surface area contributed by atoms with Gasteiger partial charge in [0.2, 0.25) is 0 Å². The number of hydrogen-bond acceptors (Lipinski definition) is 0. The highest BCUT2D eigenvalue weighted by Crippen LogP contribution is 2.42. The maximum absolute atomic E-state index is 2.46. The summed E-state index contributed by atoms with van der Waals surface area (Å²) >= 11 is 0. The van der Waals surface area contributed by atoms with E-state index in [2.05, 4.69) is 57.8 Å². The fourth-order valence-electron chi connectivity index (χ4n) is 2.81. The number of aryl methyl sites for hydroxylation is 1. The van der Waals surface area contributed by atoms with E-state index in [0.29, 0.717) is 0 Å². The normalized spacial score (nSPS) is 20.1. The smallest absolute Gasteiger partial charge is 0.0569 e. The molecular weight excluding hydrogens is 196 g/mol. The third kappa shape index (κ3) is 1.81. The average Bonchev–Trinajstić information content (AvgIpc) is 2.38. The molecule has 0 bridgehead atoms. The second kappa shape index (κ2) is 3.34. The summed E-state index contributed by atoms with van der Waals surface area (Å²) in [4.78, 5) is 0. The summed E-state index contributed by atoms with van der Waals surface area (Å²) in [6.07, 6.45) is 2.38. The molecule has 0 aliphatic heterocycles. The van der Waals surface area contributed by atoms with Gasteiger partial charge in [-0.25, -0.2) is 0 Å². The van der Waals surface area contributed by atoms with Gasteiger partial charge in [-0.1, -0.05) is 55.1 Å². The van der Waals surface area contributed by atoms with Crippen molar-refractivity contribution in [1.82, 2.24) is 0 Å². The summed E-state index contributed by atoms with van der Waals surface area (Å²) in [6, 6.07) is 6.90. The van der Waals surface area contributed by atoms with Crippen molar-refractivity contribution < 1.29 is 0 Å². The van der Waals surface area contributed by atoms with Crippen molar-refractivity contribution in [1.29, 1.82) is 0 Å². The van der Waals surface area contributed by atoms with Crippen LogP contribution in [0.4, 0.5) is 0 Å². The molecule has 0 N–H and O–H groups in total. The number of fused-ring (bicyclic) bond motifs is 1. The van der Waals surface area contributed by atoms with E-state index < -0.39 is 8.07 Å². The van der Waals surface area contributed by atoms with Gasteiger partial charge in [-0.05, 0) is 25.0 Å². The topological polar surface area (TPSA) is 0 Å². The third-order valence-corrected chi connectivity index (χ3v) is 5.76. The van der Waals surface area contributed by atoms with Crippen molar-refractivity contribution in [2.24, 2.45) is 0 Å². The molecule has 0 saturated carbocycles. The molecule has 0 saturated heterocycles. The molecule has 1 aliphatic carbocycles. The van der Waals surface area contributed by atoms with Gasteiger partial charge in [0.15, 0.2) is 0 Å². The summed E-state index contributed by atoms with van der Waals surface area (Å²) in [7, 11) is -1.12. The van der Waals surface area contributed by atoms with E-state index in [4.69, 9.17) is 0 Å². The average molecular weight is 216 g/mol. The Bertz CT molecular complexity index is 421. The Morgan fingerprint density at radius 1 is 1.07 bits per heavy atom. The fraction of sp³-hybridized carbons (Fsp3) is 0.429. The molecule has 1 aliphatic rings. The van der Waals surface area contributed by atoms with Crippen LogP contribution in [-0.4, -0.2) is 8.07 Å². The minimum atomic E-state index is -1.12. The SMILES string of the molecule is CC1=Cc2cc(C)ccc2C1[Si](C)(C)C. The Balaban J connectivity index is 2.53. The molecule has 0 spiro atoms. The predicted octanol–water partition coefficient (Wildman–Crippen LogP) is 4.37. The lowest BCUT2D eigenvalue weighted by atomic mass is 10.1. The van der Waals surface area contributed by atoms with Gasteiger partial charge in [-0.3, -0.25) is 0 Å². The maximum atomic E-state index is 2.46. The third-order valence-electron chi connectivity index (χ3n) is 3.26. The molecule has 0 aromatic heterocycles. The van der Waals surface area contributed by atoms with Crippen LogP contribution >= 0.6 is 0 Å². The van der Waals surface area contributed by atoms with Crippen molar-refractivity contribution in [2.45, 2.75) is 39.0 Å². The lowest BCUT2D eigenvalue weighted by Crippen LogP contribution is -2.30. The molecule has 15 heavy (non-hydrogen) atoms. The summed E-state index contributed by atoms with van der Waals surface area (Å²) in [6.45, 7) is 11.8. The highest BCUT2D eigenvalue weighted by Gasteiger charge is 2.33. The second-order valence-corrected chi connectivity index (χ2v) is 11.1. The Morgan fingerprint density at radius 2 is 1.73 bits per heavy atom. The molecular formula is C14H20Si. The highest BCUT2D eigenvalue weighted by molar-refractivity contribution is 6.78. The zero-order chi connectivity index (χ0) is 11.2. The molecule has 2 rings (SSSR count). The Labute approximate surface area is 94.0 Å². The van der Waals surface area contributed by atoms with Crippen LogP contribution in [0, 0.1) is 6.92 Å². The van der Waals surface area contributed by atoms with Gasteiger partial charge < -0.3 is 0 Å². The van der Waals surface area contributed by atoms with Gasteiger partial charge in [-0.2, -0.15) is 0 Å². The zero-order valence-electron chi connectivity index (χ0n) is 10.4. The molecule has 1 aromatic rings. The second-order valence-electron chi connectivity index (χ2n) is 5.82. The zero-order valence-corrected chi connectivity index (χ0v) is 11.4. The molecule has 1 atom stereocenters. The van der Waals surface area contributed by atoms with E-state index in [-0.39, 0.29) is 0 Å². The van der Waals surface area contributed by atoms with Gasteiger partial charge in [0, 0.05) is 5.54 Å². The Hall–Kier alpha value is -0.823. The molecule has 1 aromatic carbocycles. The van der Waals surface area contributed by atoms with Crippen LogP contribution in [-0.2, 0) is 0 Å². The first-order valence-electron chi connectivity index (χ1n) is 5.68. The molecule has 80 valence electrons. The van der Waals surface area contributed by atoms with Crippen molar-refractivity contribution in [3.8, 4) is 0 Å². The van der Waals surface area contributed by atoms with Gasteiger partial charge >= 0.3 is 0 Å². The first-order valence-corrected chi connectivity index (χ1v) is 9.26. The van der Waals surface area contributed by atoms with Crippen LogP contribution in [0.25, 0.3) is 6.08 Å². The van der Waals surface area contributed by atoms with E-state index in [9.17, 15) is 0 Å². The quantitative estimate of drug-likeness (QED) is 0.611. The van der Waals surface area contributed by atoms with E-state index >= 15 is 0 Å². The fourth-order valence-corrected chi connectivity index (χ4v) is 5.45. The van der Waals surface area contributed by atoms with Crippen molar-refractivity contribution >= 4 is 14.1 Å². The largest absolute Gasteiger partial charge is 0.0688 e. The van der Waals surface area contributed by atoms with Gasteiger partial charge in [-0.15, -0.1) is 0 Å². The lowest BCUT2D eigenvalue weighted by Gasteiger charge is -2.27. The van der Waals surface area contributed by atoms with E-state index in [0.717, 1.165) is 5.54 Å². The number of benzene rings is 1. The molecule has 0 heterocycles. The van der Waals surface area contributed by atoms with Gasteiger partial charge in [0.05, 0.1) is 8.07 Å². The Morgan fingerprint density at radius 3 is 2.33 bits per heavy atom. The highest BCUT2D eigenvalue weighted by atomic mass is 28.3. The summed E-state index contributed by atoms with van der Waals surface area (Å²) < 4.78 is 0. The molecule has 1 unspecified atom stereocenters. The van der Waals surface area contributed by atoms with Crippen LogP contribution in [0.15, 0.2) is 23.8 Å². The van der Waals surface area contributed by atoms with Crippen LogP contribution in [0.1, 0.15) is 29.2 Å². The summed E-state index contributed by atoms with van der Waals surface area (Å²) in [5.74, 6) is 0. The molecule has 0 nitrogen and oxygen atoms in total. The molecule has 0 radical (unpaired) electrons. The van der Waals surface area contributed by atoms with E-state index in [1.54, 1.807) is 11.1 Å². The molecule has 0 amide bonds. The van der Waals surface area contributed by atoms with Crippen LogP contribution in [0.3, 0.4) is 0 Å². The van der Waals surface area contributed by atoms with Crippen LogP contribution < -0.4 is 0 Å². The first-order chi connectivity index (χ1) is 6.89. The molecule has 0 fully saturated rings. The van der Waals surface area contributed by atoms with Gasteiger partial charge in [0.25, 0.3) is 0 Å². The van der Waals surface area contributed by atoms with Crippen LogP contribution in [0.5, 0.6) is 0 Å². The number of hydrogen-bond donors (Lipinski definition) is 0. The van der Waals surface area contributed by atoms with Gasteiger partial charge in [0.1, 0.15) is 0 Å². The first kappa shape index (κ1) is 10.7. The van der Waals surface area contributed by atoms with E-state index in [1.165, 1.54) is 11.1 Å². The number of allylic oxidation sites excluding steroid dienone is 1.